The van der Waals surface area contributed by atoms with E-state index in [1.54, 1.807) is 30.3 Å². The minimum atomic E-state index is -1.10. The van der Waals surface area contributed by atoms with E-state index in [1.165, 1.54) is 0 Å². The molecule has 2 aromatic rings. The van der Waals surface area contributed by atoms with Crippen LogP contribution in [0.25, 0.3) is 0 Å². The van der Waals surface area contributed by atoms with Crippen molar-refractivity contribution in [1.82, 2.24) is 5.32 Å². The van der Waals surface area contributed by atoms with Crippen LogP contribution >= 0.6 is 0 Å². The summed E-state index contributed by atoms with van der Waals surface area (Å²) in [6.45, 7) is 0.713. The van der Waals surface area contributed by atoms with Crippen LogP contribution in [0.1, 0.15) is 39.9 Å². The molecule has 1 saturated heterocycles. The molecule has 0 aromatic heterocycles. The molecule has 1 N–H and O–H groups in total. The predicted molar refractivity (Wildman–Crippen MR) is 91.4 cm³/mol. The zero-order valence-corrected chi connectivity index (χ0v) is 14.3. The first-order valence-electron chi connectivity index (χ1n) is 8.29. The predicted octanol–water partition coefficient (Wildman–Crippen LogP) is 3.14. The van der Waals surface area contributed by atoms with Crippen molar-refractivity contribution in [2.75, 3.05) is 13.2 Å². The molecule has 1 fully saturated rings. The lowest BCUT2D eigenvalue weighted by Gasteiger charge is -2.38. The Kier molecular flexibility index (Phi) is 5.16. The molecular weight excluding hydrogens is 352 g/mol. The van der Waals surface area contributed by atoms with Crippen molar-refractivity contribution in [3.63, 3.8) is 0 Å². The van der Waals surface area contributed by atoms with Gasteiger partial charge in [0.15, 0.2) is 0 Å². The highest BCUT2D eigenvalue weighted by Crippen LogP contribution is 2.33. The SMILES string of the molecule is N#Cc1cccc(C2(NC(=O)c3c(F)cc(C#N)cc3F)CCOCC2)c1. The highest BCUT2D eigenvalue weighted by atomic mass is 19.1. The summed E-state index contributed by atoms with van der Waals surface area (Å²) in [7, 11) is 0. The maximum Gasteiger partial charge on any atom is 0.257 e. The maximum absolute atomic E-state index is 14.2. The van der Waals surface area contributed by atoms with Crippen LogP contribution in [0.2, 0.25) is 0 Å². The Bertz CT molecular complexity index is 947. The molecule has 1 aliphatic rings. The van der Waals surface area contributed by atoms with E-state index in [0.29, 0.717) is 37.2 Å². The van der Waals surface area contributed by atoms with Gasteiger partial charge in [-0.1, -0.05) is 12.1 Å². The first-order valence-corrected chi connectivity index (χ1v) is 8.29. The molecule has 0 radical (unpaired) electrons. The number of ether oxygens (including phenoxy) is 1. The van der Waals surface area contributed by atoms with Gasteiger partial charge in [0, 0.05) is 13.2 Å². The highest BCUT2D eigenvalue weighted by Gasteiger charge is 2.37. The van der Waals surface area contributed by atoms with Crippen molar-refractivity contribution in [3.05, 3.63) is 70.3 Å². The third kappa shape index (κ3) is 3.64. The average Bonchev–Trinajstić information content (AvgIpc) is 2.68. The molecule has 0 aliphatic carbocycles. The van der Waals surface area contributed by atoms with Gasteiger partial charge in [-0.15, -0.1) is 0 Å². The molecule has 0 bridgehead atoms. The van der Waals surface area contributed by atoms with Crippen LogP contribution in [-0.4, -0.2) is 19.1 Å². The number of hydrogen-bond donors (Lipinski definition) is 1. The van der Waals surface area contributed by atoms with Crippen LogP contribution in [0.4, 0.5) is 8.78 Å². The number of benzene rings is 2. The molecule has 5 nitrogen and oxygen atoms in total. The van der Waals surface area contributed by atoms with E-state index in [4.69, 9.17) is 15.3 Å². The van der Waals surface area contributed by atoms with Gasteiger partial charge in [-0.3, -0.25) is 4.79 Å². The fourth-order valence-corrected chi connectivity index (χ4v) is 3.23. The third-order valence-corrected chi connectivity index (χ3v) is 4.64. The normalized spacial score (nSPS) is 15.4. The number of rotatable bonds is 3. The summed E-state index contributed by atoms with van der Waals surface area (Å²) in [5.41, 5.74) is -0.758. The van der Waals surface area contributed by atoms with Crippen molar-refractivity contribution in [2.24, 2.45) is 0 Å². The second-order valence-electron chi connectivity index (χ2n) is 6.27. The Balaban J connectivity index is 2.00. The van der Waals surface area contributed by atoms with E-state index < -0.39 is 28.6 Å². The van der Waals surface area contributed by atoms with Gasteiger partial charge in [-0.2, -0.15) is 10.5 Å². The Hall–Kier alpha value is -3.29. The zero-order valence-electron chi connectivity index (χ0n) is 14.3. The summed E-state index contributed by atoms with van der Waals surface area (Å²) in [4.78, 5) is 12.7. The number of nitrogens with zero attached hydrogens (tertiary/aromatic N) is 2. The second kappa shape index (κ2) is 7.53. The van der Waals surface area contributed by atoms with Gasteiger partial charge in [-0.25, -0.2) is 8.78 Å². The van der Waals surface area contributed by atoms with Gasteiger partial charge in [0.25, 0.3) is 5.91 Å². The van der Waals surface area contributed by atoms with Crippen LogP contribution in [0.15, 0.2) is 36.4 Å². The van der Waals surface area contributed by atoms with E-state index in [9.17, 15) is 13.6 Å². The molecule has 27 heavy (non-hydrogen) atoms. The first-order chi connectivity index (χ1) is 13.0. The van der Waals surface area contributed by atoms with Crippen molar-refractivity contribution in [3.8, 4) is 12.1 Å². The molecule has 3 rings (SSSR count). The van der Waals surface area contributed by atoms with Crippen LogP contribution < -0.4 is 5.32 Å². The van der Waals surface area contributed by atoms with E-state index >= 15 is 0 Å². The number of halogens is 2. The van der Waals surface area contributed by atoms with Gasteiger partial charge in [0.1, 0.15) is 17.2 Å². The van der Waals surface area contributed by atoms with Crippen molar-refractivity contribution < 1.29 is 18.3 Å². The molecule has 1 heterocycles. The summed E-state index contributed by atoms with van der Waals surface area (Å²) in [5.74, 6) is -3.12. The largest absolute Gasteiger partial charge is 0.381 e. The lowest BCUT2D eigenvalue weighted by atomic mass is 9.81. The van der Waals surface area contributed by atoms with Crippen LogP contribution in [0, 0.1) is 34.3 Å². The molecule has 1 aliphatic heterocycles. The van der Waals surface area contributed by atoms with E-state index in [-0.39, 0.29) is 5.56 Å². The van der Waals surface area contributed by atoms with Gasteiger partial charge < -0.3 is 10.1 Å². The summed E-state index contributed by atoms with van der Waals surface area (Å²) in [6.07, 6.45) is 0.792. The van der Waals surface area contributed by atoms with Crippen molar-refractivity contribution >= 4 is 5.91 Å². The Morgan fingerprint density at radius 3 is 2.26 bits per heavy atom. The summed E-state index contributed by atoms with van der Waals surface area (Å²) in [6, 6.07) is 12.1. The molecule has 7 heteroatoms. The quantitative estimate of drug-likeness (QED) is 0.903. The summed E-state index contributed by atoms with van der Waals surface area (Å²) in [5, 5.41) is 20.7. The number of hydrogen-bond acceptors (Lipinski definition) is 4. The van der Waals surface area contributed by atoms with Gasteiger partial charge >= 0.3 is 0 Å². The topological polar surface area (TPSA) is 85.9 Å². The lowest BCUT2D eigenvalue weighted by Crippen LogP contribution is -2.49. The fourth-order valence-electron chi connectivity index (χ4n) is 3.23. The number of carbonyl (C=O) groups excluding carboxylic acids is 1. The minimum Gasteiger partial charge on any atom is -0.381 e. The average molecular weight is 367 g/mol. The maximum atomic E-state index is 14.2. The number of nitrogens with one attached hydrogen (secondary N) is 1. The Morgan fingerprint density at radius 1 is 1.04 bits per heavy atom. The minimum absolute atomic E-state index is 0.205. The van der Waals surface area contributed by atoms with E-state index in [2.05, 4.69) is 5.32 Å². The molecule has 0 saturated carbocycles. The van der Waals surface area contributed by atoms with Crippen molar-refractivity contribution in [1.29, 1.82) is 10.5 Å². The van der Waals surface area contributed by atoms with Crippen LogP contribution in [0.5, 0.6) is 0 Å². The number of carbonyl (C=O) groups is 1. The molecule has 0 spiro atoms. The molecule has 2 aromatic carbocycles. The van der Waals surface area contributed by atoms with E-state index in [0.717, 1.165) is 12.1 Å². The second-order valence-corrected chi connectivity index (χ2v) is 6.27. The van der Waals surface area contributed by atoms with E-state index in [1.807, 2.05) is 6.07 Å². The van der Waals surface area contributed by atoms with Crippen LogP contribution in [-0.2, 0) is 10.3 Å². The monoisotopic (exact) mass is 367 g/mol. The van der Waals surface area contributed by atoms with Gasteiger partial charge in [-0.05, 0) is 42.7 Å². The number of nitriles is 2. The molecule has 0 unspecified atom stereocenters. The fraction of sp³-hybridized carbons (Fsp3) is 0.250. The van der Waals surface area contributed by atoms with Crippen LogP contribution in [0.3, 0.4) is 0 Å². The summed E-state index contributed by atoms with van der Waals surface area (Å²) < 4.78 is 33.8. The zero-order chi connectivity index (χ0) is 19.4. The molecule has 0 atom stereocenters. The molecule has 1 amide bonds. The Labute approximate surface area is 154 Å². The molecule has 136 valence electrons. The lowest BCUT2D eigenvalue weighted by molar-refractivity contribution is 0.0343. The van der Waals surface area contributed by atoms with Gasteiger partial charge in [0.05, 0.1) is 28.8 Å². The van der Waals surface area contributed by atoms with Gasteiger partial charge in [0.2, 0.25) is 0 Å². The molecular formula is C20H15F2N3O2. The third-order valence-electron chi connectivity index (χ3n) is 4.64. The standard InChI is InChI=1S/C20H15F2N3O2/c21-16-9-14(12-24)10-17(22)18(16)19(26)25-20(4-6-27-7-5-20)15-3-1-2-13(8-15)11-23/h1-3,8-10H,4-7H2,(H,25,26). The first kappa shape index (κ1) is 18.5. The smallest absolute Gasteiger partial charge is 0.257 e. The van der Waals surface area contributed by atoms with Crippen molar-refractivity contribution in [2.45, 2.75) is 18.4 Å². The highest BCUT2D eigenvalue weighted by molar-refractivity contribution is 5.95. The summed E-state index contributed by atoms with van der Waals surface area (Å²) >= 11 is 0. The number of amides is 1. The Morgan fingerprint density at radius 2 is 1.67 bits per heavy atom.